The zero-order valence-electron chi connectivity index (χ0n) is 6.38. The second kappa shape index (κ2) is 4.24. The van der Waals surface area contributed by atoms with Gasteiger partial charge in [-0.15, -0.1) is 0 Å². The quantitative estimate of drug-likeness (QED) is 0.851. The summed E-state index contributed by atoms with van der Waals surface area (Å²) in [6, 6.07) is 0. The molecule has 1 unspecified atom stereocenters. The van der Waals surface area contributed by atoms with E-state index < -0.39 is 0 Å². The Morgan fingerprint density at radius 2 is 2.36 bits per heavy atom. The molecule has 0 saturated heterocycles. The highest BCUT2D eigenvalue weighted by Gasteiger charge is 2.09. The standard InChI is InChI=1S/C8H11BrOS/c1-2-3-8(10)6-4-11-5-7(6)9/h4-5,8,10H,2-3H2,1H3. The van der Waals surface area contributed by atoms with Crippen molar-refractivity contribution in [1.82, 2.24) is 0 Å². The molecule has 0 fully saturated rings. The summed E-state index contributed by atoms with van der Waals surface area (Å²) in [5, 5.41) is 13.6. The van der Waals surface area contributed by atoms with Gasteiger partial charge in [0.15, 0.2) is 0 Å². The number of hydrogen-bond donors (Lipinski definition) is 1. The Balaban J connectivity index is 2.67. The van der Waals surface area contributed by atoms with Crippen LogP contribution in [0.15, 0.2) is 15.2 Å². The van der Waals surface area contributed by atoms with Gasteiger partial charge in [-0.05, 0) is 27.7 Å². The summed E-state index contributed by atoms with van der Waals surface area (Å²) in [7, 11) is 0. The first kappa shape index (κ1) is 9.23. The molecular formula is C8H11BrOS. The predicted octanol–water partition coefficient (Wildman–Crippen LogP) is 3.34. The van der Waals surface area contributed by atoms with Crippen LogP contribution in [0.2, 0.25) is 0 Å². The van der Waals surface area contributed by atoms with Crippen LogP contribution in [0, 0.1) is 0 Å². The van der Waals surface area contributed by atoms with E-state index in [0.29, 0.717) is 0 Å². The van der Waals surface area contributed by atoms with Crippen LogP contribution in [0.5, 0.6) is 0 Å². The maximum absolute atomic E-state index is 9.57. The molecule has 0 aliphatic carbocycles. The molecule has 1 nitrogen and oxygen atoms in total. The van der Waals surface area contributed by atoms with E-state index in [-0.39, 0.29) is 6.10 Å². The van der Waals surface area contributed by atoms with Crippen LogP contribution < -0.4 is 0 Å². The fourth-order valence-corrected chi connectivity index (χ4v) is 2.57. The molecule has 0 aliphatic heterocycles. The van der Waals surface area contributed by atoms with E-state index in [0.717, 1.165) is 22.9 Å². The van der Waals surface area contributed by atoms with Gasteiger partial charge in [0.2, 0.25) is 0 Å². The third-order valence-electron chi connectivity index (χ3n) is 1.56. The van der Waals surface area contributed by atoms with Gasteiger partial charge in [0, 0.05) is 15.4 Å². The lowest BCUT2D eigenvalue weighted by Gasteiger charge is -2.06. The SMILES string of the molecule is CCCC(O)c1cscc1Br. The smallest absolute Gasteiger partial charge is 0.0809 e. The minimum absolute atomic E-state index is 0.291. The number of thiophene rings is 1. The van der Waals surface area contributed by atoms with Crippen molar-refractivity contribution in [2.45, 2.75) is 25.9 Å². The van der Waals surface area contributed by atoms with Crippen LogP contribution in [-0.2, 0) is 0 Å². The van der Waals surface area contributed by atoms with Crippen LogP contribution >= 0.6 is 27.3 Å². The van der Waals surface area contributed by atoms with Gasteiger partial charge >= 0.3 is 0 Å². The normalized spacial score (nSPS) is 13.4. The molecular weight excluding hydrogens is 224 g/mol. The first-order chi connectivity index (χ1) is 5.25. The molecule has 0 radical (unpaired) electrons. The van der Waals surface area contributed by atoms with Gasteiger partial charge in [0.05, 0.1) is 6.10 Å². The van der Waals surface area contributed by atoms with E-state index in [4.69, 9.17) is 0 Å². The van der Waals surface area contributed by atoms with Crippen LogP contribution in [0.1, 0.15) is 31.4 Å². The van der Waals surface area contributed by atoms with Crippen LogP contribution in [-0.4, -0.2) is 5.11 Å². The van der Waals surface area contributed by atoms with Crippen molar-refractivity contribution >= 4 is 27.3 Å². The third-order valence-corrected chi connectivity index (χ3v) is 3.32. The number of rotatable bonds is 3. The van der Waals surface area contributed by atoms with Crippen molar-refractivity contribution in [3.05, 3.63) is 20.8 Å². The summed E-state index contributed by atoms with van der Waals surface area (Å²) in [6.07, 6.45) is 1.57. The molecule has 1 heterocycles. The molecule has 0 aliphatic rings. The van der Waals surface area contributed by atoms with E-state index in [1.807, 2.05) is 10.8 Å². The van der Waals surface area contributed by atoms with E-state index >= 15 is 0 Å². The molecule has 0 aromatic carbocycles. The Morgan fingerprint density at radius 1 is 1.64 bits per heavy atom. The fraction of sp³-hybridized carbons (Fsp3) is 0.500. The Hall–Kier alpha value is 0.140. The molecule has 1 N–H and O–H groups in total. The highest BCUT2D eigenvalue weighted by molar-refractivity contribution is 9.10. The highest BCUT2D eigenvalue weighted by atomic mass is 79.9. The second-order valence-corrected chi connectivity index (χ2v) is 4.08. The molecule has 1 aromatic rings. The molecule has 1 aromatic heterocycles. The molecule has 0 saturated carbocycles. The lowest BCUT2D eigenvalue weighted by Crippen LogP contribution is -1.94. The van der Waals surface area contributed by atoms with E-state index in [2.05, 4.69) is 22.9 Å². The van der Waals surface area contributed by atoms with Gasteiger partial charge in [-0.2, -0.15) is 11.3 Å². The molecule has 0 bridgehead atoms. The summed E-state index contributed by atoms with van der Waals surface area (Å²) in [4.78, 5) is 0. The van der Waals surface area contributed by atoms with Crippen molar-refractivity contribution in [2.24, 2.45) is 0 Å². The Kier molecular flexibility index (Phi) is 3.55. The molecule has 62 valence electrons. The predicted molar refractivity (Wildman–Crippen MR) is 51.9 cm³/mol. The molecule has 1 rings (SSSR count). The maximum Gasteiger partial charge on any atom is 0.0809 e. The van der Waals surface area contributed by atoms with E-state index in [1.54, 1.807) is 11.3 Å². The van der Waals surface area contributed by atoms with E-state index in [9.17, 15) is 5.11 Å². The number of hydrogen-bond acceptors (Lipinski definition) is 2. The van der Waals surface area contributed by atoms with Crippen molar-refractivity contribution < 1.29 is 5.11 Å². The average Bonchev–Trinajstić information content (AvgIpc) is 2.36. The van der Waals surface area contributed by atoms with Gasteiger partial charge in [0.25, 0.3) is 0 Å². The minimum Gasteiger partial charge on any atom is -0.388 e. The molecule has 1 atom stereocenters. The first-order valence-corrected chi connectivity index (χ1v) is 5.39. The average molecular weight is 235 g/mol. The van der Waals surface area contributed by atoms with Gasteiger partial charge in [0.1, 0.15) is 0 Å². The van der Waals surface area contributed by atoms with Gasteiger partial charge in [-0.25, -0.2) is 0 Å². The molecule has 11 heavy (non-hydrogen) atoms. The number of halogens is 1. The Labute approximate surface area is 79.2 Å². The number of aliphatic hydroxyl groups is 1. The summed E-state index contributed by atoms with van der Waals surface area (Å²) >= 11 is 5.00. The third kappa shape index (κ3) is 2.29. The Bertz CT molecular complexity index is 222. The zero-order chi connectivity index (χ0) is 8.27. The summed E-state index contributed by atoms with van der Waals surface area (Å²) in [5.74, 6) is 0. The maximum atomic E-state index is 9.57. The topological polar surface area (TPSA) is 20.2 Å². The summed E-state index contributed by atoms with van der Waals surface area (Å²) in [6.45, 7) is 2.07. The minimum atomic E-state index is -0.291. The Morgan fingerprint density at radius 3 is 2.82 bits per heavy atom. The summed E-state index contributed by atoms with van der Waals surface area (Å²) < 4.78 is 1.03. The van der Waals surface area contributed by atoms with Crippen molar-refractivity contribution in [2.75, 3.05) is 0 Å². The highest BCUT2D eigenvalue weighted by Crippen LogP contribution is 2.29. The lowest BCUT2D eigenvalue weighted by atomic mass is 10.1. The van der Waals surface area contributed by atoms with Crippen LogP contribution in [0.4, 0.5) is 0 Å². The molecule has 0 amide bonds. The van der Waals surface area contributed by atoms with Crippen molar-refractivity contribution in [1.29, 1.82) is 0 Å². The lowest BCUT2D eigenvalue weighted by molar-refractivity contribution is 0.166. The van der Waals surface area contributed by atoms with E-state index in [1.165, 1.54) is 0 Å². The molecule has 0 spiro atoms. The second-order valence-electron chi connectivity index (χ2n) is 2.48. The number of aliphatic hydroxyl groups excluding tert-OH is 1. The fourth-order valence-electron chi connectivity index (χ4n) is 0.958. The summed E-state index contributed by atoms with van der Waals surface area (Å²) in [5.41, 5.74) is 1.02. The first-order valence-electron chi connectivity index (χ1n) is 3.65. The van der Waals surface area contributed by atoms with Crippen LogP contribution in [0.25, 0.3) is 0 Å². The zero-order valence-corrected chi connectivity index (χ0v) is 8.78. The molecule has 3 heteroatoms. The van der Waals surface area contributed by atoms with Crippen LogP contribution in [0.3, 0.4) is 0 Å². The van der Waals surface area contributed by atoms with Gasteiger partial charge < -0.3 is 5.11 Å². The van der Waals surface area contributed by atoms with Gasteiger partial charge in [-0.3, -0.25) is 0 Å². The monoisotopic (exact) mass is 234 g/mol. The largest absolute Gasteiger partial charge is 0.388 e. The van der Waals surface area contributed by atoms with Crippen molar-refractivity contribution in [3.8, 4) is 0 Å². The van der Waals surface area contributed by atoms with Crippen molar-refractivity contribution in [3.63, 3.8) is 0 Å². The van der Waals surface area contributed by atoms with Gasteiger partial charge in [-0.1, -0.05) is 13.3 Å².